The second kappa shape index (κ2) is 8.61. The van der Waals surface area contributed by atoms with E-state index in [2.05, 4.69) is 16.5 Å². The summed E-state index contributed by atoms with van der Waals surface area (Å²) in [6, 6.07) is 8.14. The molecular weight excluding hydrogens is 362 g/mol. The molecule has 2 aliphatic rings. The zero-order chi connectivity index (χ0) is 19.4. The highest BCUT2D eigenvalue weighted by Gasteiger charge is 2.30. The number of hydrogen-bond donors (Lipinski definition) is 1. The van der Waals surface area contributed by atoms with Crippen molar-refractivity contribution in [2.75, 3.05) is 37.2 Å². The highest BCUT2D eigenvalue weighted by molar-refractivity contribution is 7.92. The first-order chi connectivity index (χ1) is 12.9. The Kier molecular flexibility index (Phi) is 6.42. The molecule has 1 heterocycles. The molecule has 1 saturated heterocycles. The van der Waals surface area contributed by atoms with Crippen LogP contribution in [0.5, 0.6) is 0 Å². The van der Waals surface area contributed by atoms with Crippen molar-refractivity contribution >= 4 is 21.6 Å². The first kappa shape index (κ1) is 20.1. The fourth-order valence-electron chi connectivity index (χ4n) is 4.00. The van der Waals surface area contributed by atoms with Gasteiger partial charge in [0.25, 0.3) is 0 Å². The van der Waals surface area contributed by atoms with Crippen molar-refractivity contribution in [2.24, 2.45) is 0 Å². The molecule has 150 valence electrons. The van der Waals surface area contributed by atoms with E-state index in [1.807, 2.05) is 23.1 Å². The molecule has 1 N–H and O–H groups in total. The monoisotopic (exact) mass is 393 g/mol. The minimum Gasteiger partial charge on any atom is -0.340 e. The van der Waals surface area contributed by atoms with E-state index in [-0.39, 0.29) is 11.8 Å². The fraction of sp³-hybridized carbons (Fsp3) is 0.650. The van der Waals surface area contributed by atoms with Crippen LogP contribution >= 0.6 is 0 Å². The lowest BCUT2D eigenvalue weighted by atomic mass is 9.90. The number of carbonyl (C=O) groups is 1. The van der Waals surface area contributed by atoms with E-state index >= 15 is 0 Å². The Morgan fingerprint density at radius 2 is 1.93 bits per heavy atom. The number of rotatable bonds is 7. The predicted octanol–water partition coefficient (Wildman–Crippen LogP) is 2.64. The summed E-state index contributed by atoms with van der Waals surface area (Å²) in [5, 5.41) is 0. The molecule has 1 aliphatic carbocycles. The Hall–Kier alpha value is -1.60. The van der Waals surface area contributed by atoms with E-state index in [4.69, 9.17) is 0 Å². The lowest BCUT2D eigenvalue weighted by Gasteiger charge is -2.43. The third-order valence-electron chi connectivity index (χ3n) is 5.83. The number of hydrogen-bond acceptors (Lipinski definition) is 4. The molecule has 0 radical (unpaired) electrons. The highest BCUT2D eigenvalue weighted by Crippen LogP contribution is 2.28. The van der Waals surface area contributed by atoms with Crippen LogP contribution in [0.3, 0.4) is 0 Å². The van der Waals surface area contributed by atoms with Gasteiger partial charge in [-0.3, -0.25) is 14.4 Å². The average molecular weight is 394 g/mol. The maximum atomic E-state index is 12.8. The highest BCUT2D eigenvalue weighted by atomic mass is 32.2. The van der Waals surface area contributed by atoms with Crippen LogP contribution in [0.2, 0.25) is 0 Å². The minimum atomic E-state index is -3.31. The molecule has 1 atom stereocenters. The van der Waals surface area contributed by atoms with Gasteiger partial charge >= 0.3 is 0 Å². The second-order valence-corrected chi connectivity index (χ2v) is 9.56. The van der Waals surface area contributed by atoms with Gasteiger partial charge in [-0.05, 0) is 42.9 Å². The molecule has 1 saturated carbocycles. The summed E-state index contributed by atoms with van der Waals surface area (Å²) in [6.07, 6.45) is 6.42. The lowest BCUT2D eigenvalue weighted by molar-refractivity contribution is -0.134. The van der Waals surface area contributed by atoms with Crippen molar-refractivity contribution in [3.8, 4) is 0 Å². The summed E-state index contributed by atoms with van der Waals surface area (Å²) in [5.41, 5.74) is 1.56. The zero-order valence-electron chi connectivity index (χ0n) is 16.4. The molecule has 1 aliphatic heterocycles. The maximum Gasteiger partial charge on any atom is 0.229 e. The molecule has 0 unspecified atom stereocenters. The summed E-state index contributed by atoms with van der Waals surface area (Å²) >= 11 is 0. The minimum absolute atomic E-state index is 0.100. The van der Waals surface area contributed by atoms with Crippen molar-refractivity contribution in [2.45, 2.75) is 51.0 Å². The van der Waals surface area contributed by atoms with Crippen molar-refractivity contribution in [1.82, 2.24) is 9.80 Å². The van der Waals surface area contributed by atoms with Gasteiger partial charge in [-0.25, -0.2) is 8.42 Å². The van der Waals surface area contributed by atoms with Gasteiger partial charge in [0.05, 0.1) is 6.26 Å². The topological polar surface area (TPSA) is 69.7 Å². The number of anilines is 1. The van der Waals surface area contributed by atoms with E-state index < -0.39 is 10.0 Å². The second-order valence-electron chi connectivity index (χ2n) is 7.81. The quantitative estimate of drug-likeness (QED) is 0.773. The van der Waals surface area contributed by atoms with Crippen LogP contribution < -0.4 is 4.72 Å². The van der Waals surface area contributed by atoms with Crippen molar-refractivity contribution in [3.63, 3.8) is 0 Å². The van der Waals surface area contributed by atoms with Crippen LogP contribution in [0.15, 0.2) is 24.3 Å². The third kappa shape index (κ3) is 5.45. The van der Waals surface area contributed by atoms with Gasteiger partial charge in [-0.1, -0.05) is 25.5 Å². The Labute approximate surface area is 163 Å². The Morgan fingerprint density at radius 1 is 1.22 bits per heavy atom. The van der Waals surface area contributed by atoms with E-state index in [0.29, 0.717) is 12.1 Å². The zero-order valence-corrected chi connectivity index (χ0v) is 17.2. The number of amides is 1. The normalized spacial score (nSPS) is 20.1. The molecule has 3 rings (SSSR count). The molecule has 2 fully saturated rings. The van der Waals surface area contributed by atoms with E-state index in [1.54, 1.807) is 6.07 Å². The van der Waals surface area contributed by atoms with Crippen LogP contribution in [-0.2, 0) is 14.8 Å². The predicted molar refractivity (Wildman–Crippen MR) is 108 cm³/mol. The van der Waals surface area contributed by atoms with Gasteiger partial charge in [0.2, 0.25) is 15.9 Å². The van der Waals surface area contributed by atoms with Crippen LogP contribution in [0, 0.1) is 0 Å². The Bertz CT molecular complexity index is 753. The van der Waals surface area contributed by atoms with Gasteiger partial charge in [0.15, 0.2) is 0 Å². The first-order valence-corrected chi connectivity index (χ1v) is 11.8. The molecule has 1 aromatic rings. The van der Waals surface area contributed by atoms with Gasteiger partial charge in [0.1, 0.15) is 0 Å². The summed E-state index contributed by atoms with van der Waals surface area (Å²) in [7, 11) is -3.31. The molecule has 1 amide bonds. The smallest absolute Gasteiger partial charge is 0.229 e. The van der Waals surface area contributed by atoms with E-state index in [1.165, 1.54) is 19.3 Å². The molecule has 1 aromatic carbocycles. The Balaban J connectivity index is 1.58. The van der Waals surface area contributed by atoms with E-state index in [9.17, 15) is 13.2 Å². The molecule has 7 heteroatoms. The summed E-state index contributed by atoms with van der Waals surface area (Å²) < 4.78 is 25.4. The number of benzene rings is 1. The average Bonchev–Trinajstić information content (AvgIpc) is 2.57. The summed E-state index contributed by atoms with van der Waals surface area (Å²) in [4.78, 5) is 17.3. The SMILES string of the molecule is CC[C@@H](CC(=O)N1CCN(C2CCC2)CC1)c1cccc(NS(C)(=O)=O)c1. The number of carbonyl (C=O) groups excluding carboxylic acids is 1. The molecule has 6 nitrogen and oxygen atoms in total. The fourth-order valence-corrected chi connectivity index (χ4v) is 4.55. The number of nitrogens with zero attached hydrogens (tertiary/aromatic N) is 2. The van der Waals surface area contributed by atoms with Crippen LogP contribution in [0.4, 0.5) is 5.69 Å². The Morgan fingerprint density at radius 3 is 2.48 bits per heavy atom. The molecule has 0 bridgehead atoms. The van der Waals surface area contributed by atoms with Crippen LogP contribution in [0.25, 0.3) is 0 Å². The number of sulfonamides is 1. The standard InChI is InChI=1S/C20H31N3O3S/c1-3-16(17-6-4-7-18(14-17)21-27(2,25)26)15-20(24)23-12-10-22(11-13-23)19-8-5-9-19/h4,6-7,14,16,19,21H,3,5,8-13,15H2,1-2H3/t16-/m0/s1. The van der Waals surface area contributed by atoms with Gasteiger partial charge in [-0.15, -0.1) is 0 Å². The van der Waals surface area contributed by atoms with E-state index in [0.717, 1.165) is 50.5 Å². The maximum absolute atomic E-state index is 12.8. The summed E-state index contributed by atoms with van der Waals surface area (Å²) in [6.45, 7) is 5.69. The first-order valence-electron chi connectivity index (χ1n) is 9.95. The molecular formula is C20H31N3O3S. The largest absolute Gasteiger partial charge is 0.340 e. The molecule has 0 aromatic heterocycles. The van der Waals surface area contributed by atoms with Gasteiger partial charge in [0, 0.05) is 44.3 Å². The van der Waals surface area contributed by atoms with Gasteiger partial charge in [-0.2, -0.15) is 0 Å². The van der Waals surface area contributed by atoms with Crippen LogP contribution in [0.1, 0.15) is 50.5 Å². The molecule has 27 heavy (non-hydrogen) atoms. The van der Waals surface area contributed by atoms with Gasteiger partial charge < -0.3 is 4.90 Å². The number of piperazine rings is 1. The third-order valence-corrected chi connectivity index (χ3v) is 6.44. The molecule has 0 spiro atoms. The van der Waals surface area contributed by atoms with Crippen molar-refractivity contribution in [3.05, 3.63) is 29.8 Å². The van der Waals surface area contributed by atoms with Crippen molar-refractivity contribution < 1.29 is 13.2 Å². The lowest BCUT2D eigenvalue weighted by Crippen LogP contribution is -2.53. The number of nitrogens with one attached hydrogen (secondary N) is 1. The van der Waals surface area contributed by atoms with Crippen molar-refractivity contribution in [1.29, 1.82) is 0 Å². The summed E-state index contributed by atoms with van der Waals surface area (Å²) in [5.74, 6) is 0.306. The van der Waals surface area contributed by atoms with Crippen LogP contribution in [-0.4, -0.2) is 62.6 Å².